The van der Waals surface area contributed by atoms with Gasteiger partial charge in [0.1, 0.15) is 12.2 Å². The summed E-state index contributed by atoms with van der Waals surface area (Å²) in [5.74, 6) is 1.74. The second-order valence-electron chi connectivity index (χ2n) is 4.59. The number of rotatable bonds is 6. The summed E-state index contributed by atoms with van der Waals surface area (Å²) in [6.45, 7) is 6.78. The number of nitrogens with one attached hydrogen (secondary N) is 1. The lowest BCUT2D eigenvalue weighted by Crippen LogP contribution is -2.24. The smallest absolute Gasteiger partial charge is 0.140 e. The molecule has 17 heavy (non-hydrogen) atoms. The van der Waals surface area contributed by atoms with Crippen molar-refractivity contribution in [1.29, 1.82) is 0 Å². The lowest BCUT2D eigenvalue weighted by Gasteiger charge is -2.22. The van der Waals surface area contributed by atoms with Crippen LogP contribution in [0.15, 0.2) is 6.33 Å². The first-order valence-electron chi connectivity index (χ1n) is 6.55. The Morgan fingerprint density at radius 2 is 2.29 bits per heavy atom. The van der Waals surface area contributed by atoms with Gasteiger partial charge in [0, 0.05) is 19.8 Å². The maximum absolute atomic E-state index is 5.37. The molecule has 0 aliphatic carbocycles. The standard InChI is InChI=1S/C12H22N4O/c1-2-5-13-8-12-14-10-15-16(12)9-11-3-6-17-7-4-11/h10-11,13H,2-9H2,1H3. The summed E-state index contributed by atoms with van der Waals surface area (Å²) < 4.78 is 7.41. The fourth-order valence-electron chi connectivity index (χ4n) is 2.13. The molecule has 5 nitrogen and oxygen atoms in total. The van der Waals surface area contributed by atoms with Crippen LogP contribution < -0.4 is 5.32 Å². The summed E-state index contributed by atoms with van der Waals surface area (Å²) in [5, 5.41) is 7.68. The molecule has 1 aliphatic heterocycles. The van der Waals surface area contributed by atoms with Gasteiger partial charge >= 0.3 is 0 Å². The van der Waals surface area contributed by atoms with Crippen LogP contribution in [0.25, 0.3) is 0 Å². The van der Waals surface area contributed by atoms with Crippen molar-refractivity contribution >= 4 is 0 Å². The Balaban J connectivity index is 1.84. The molecule has 0 bridgehead atoms. The van der Waals surface area contributed by atoms with Crippen molar-refractivity contribution < 1.29 is 4.74 Å². The van der Waals surface area contributed by atoms with Crippen LogP contribution in [0, 0.1) is 5.92 Å². The van der Waals surface area contributed by atoms with E-state index >= 15 is 0 Å². The minimum absolute atomic E-state index is 0.690. The number of ether oxygens (including phenoxy) is 1. The minimum Gasteiger partial charge on any atom is -0.381 e. The van der Waals surface area contributed by atoms with E-state index in [4.69, 9.17) is 4.74 Å². The van der Waals surface area contributed by atoms with Crippen LogP contribution in [0.3, 0.4) is 0 Å². The molecule has 5 heteroatoms. The highest BCUT2D eigenvalue weighted by Gasteiger charge is 2.16. The highest BCUT2D eigenvalue weighted by molar-refractivity contribution is 4.84. The zero-order chi connectivity index (χ0) is 11.9. The third kappa shape index (κ3) is 3.78. The Hall–Kier alpha value is -0.940. The largest absolute Gasteiger partial charge is 0.381 e. The topological polar surface area (TPSA) is 52.0 Å². The number of hydrogen-bond acceptors (Lipinski definition) is 4. The lowest BCUT2D eigenvalue weighted by atomic mass is 10.0. The molecule has 0 spiro atoms. The molecule has 1 N–H and O–H groups in total. The molecule has 2 heterocycles. The third-order valence-corrected chi connectivity index (χ3v) is 3.18. The van der Waals surface area contributed by atoms with E-state index in [0.29, 0.717) is 5.92 Å². The van der Waals surface area contributed by atoms with Gasteiger partial charge in [-0.25, -0.2) is 9.67 Å². The molecule has 0 aromatic carbocycles. The molecule has 0 atom stereocenters. The molecule has 96 valence electrons. The zero-order valence-corrected chi connectivity index (χ0v) is 10.6. The summed E-state index contributed by atoms with van der Waals surface area (Å²) in [5.41, 5.74) is 0. The van der Waals surface area contributed by atoms with E-state index in [1.807, 2.05) is 4.68 Å². The van der Waals surface area contributed by atoms with Gasteiger partial charge < -0.3 is 10.1 Å². The van der Waals surface area contributed by atoms with E-state index in [1.54, 1.807) is 6.33 Å². The highest BCUT2D eigenvalue weighted by Crippen LogP contribution is 2.16. The molecule has 2 rings (SSSR count). The molecule has 0 unspecified atom stereocenters. The van der Waals surface area contributed by atoms with Gasteiger partial charge in [0.15, 0.2) is 0 Å². The van der Waals surface area contributed by atoms with Crippen molar-refractivity contribution in [3.63, 3.8) is 0 Å². The average molecular weight is 238 g/mol. The summed E-state index contributed by atoms with van der Waals surface area (Å²) in [6, 6.07) is 0. The Morgan fingerprint density at radius 3 is 3.06 bits per heavy atom. The number of nitrogens with zero attached hydrogens (tertiary/aromatic N) is 3. The fourth-order valence-corrected chi connectivity index (χ4v) is 2.13. The van der Waals surface area contributed by atoms with Crippen molar-refractivity contribution in [3.8, 4) is 0 Å². The number of hydrogen-bond donors (Lipinski definition) is 1. The summed E-state index contributed by atoms with van der Waals surface area (Å²) in [7, 11) is 0. The van der Waals surface area contributed by atoms with Crippen LogP contribution in [-0.2, 0) is 17.8 Å². The first kappa shape index (κ1) is 12.5. The van der Waals surface area contributed by atoms with Crippen molar-refractivity contribution in [3.05, 3.63) is 12.2 Å². The third-order valence-electron chi connectivity index (χ3n) is 3.18. The Bertz CT molecular complexity index is 320. The second kappa shape index (κ2) is 6.71. The van der Waals surface area contributed by atoms with Gasteiger partial charge in [-0.15, -0.1) is 0 Å². The molecule has 0 saturated carbocycles. The van der Waals surface area contributed by atoms with Gasteiger partial charge in [0.25, 0.3) is 0 Å². The molecule has 1 aliphatic rings. The second-order valence-corrected chi connectivity index (χ2v) is 4.59. The van der Waals surface area contributed by atoms with Crippen molar-refractivity contribution in [1.82, 2.24) is 20.1 Å². The van der Waals surface area contributed by atoms with Crippen LogP contribution in [-0.4, -0.2) is 34.5 Å². The van der Waals surface area contributed by atoms with Crippen LogP contribution >= 0.6 is 0 Å². The zero-order valence-electron chi connectivity index (χ0n) is 10.6. The van der Waals surface area contributed by atoms with Crippen molar-refractivity contribution in [2.45, 2.75) is 39.3 Å². The van der Waals surface area contributed by atoms with Crippen LogP contribution in [0.1, 0.15) is 32.0 Å². The van der Waals surface area contributed by atoms with Crippen molar-refractivity contribution in [2.24, 2.45) is 5.92 Å². The lowest BCUT2D eigenvalue weighted by molar-refractivity contribution is 0.0598. The van der Waals surface area contributed by atoms with E-state index < -0.39 is 0 Å². The van der Waals surface area contributed by atoms with Crippen LogP contribution in [0.2, 0.25) is 0 Å². The van der Waals surface area contributed by atoms with Gasteiger partial charge in [0.05, 0.1) is 6.54 Å². The number of aromatic nitrogens is 3. The van der Waals surface area contributed by atoms with E-state index in [1.165, 1.54) is 0 Å². The van der Waals surface area contributed by atoms with E-state index in [-0.39, 0.29) is 0 Å². The monoisotopic (exact) mass is 238 g/mol. The maximum Gasteiger partial charge on any atom is 0.140 e. The van der Waals surface area contributed by atoms with Gasteiger partial charge in [-0.05, 0) is 31.7 Å². The minimum atomic E-state index is 0.690. The molecule has 1 aromatic rings. The summed E-state index contributed by atoms with van der Waals surface area (Å²) >= 11 is 0. The molecular formula is C12H22N4O. The van der Waals surface area contributed by atoms with Gasteiger partial charge in [-0.2, -0.15) is 5.10 Å². The molecule has 0 radical (unpaired) electrons. The summed E-state index contributed by atoms with van der Waals surface area (Å²) in [6.07, 6.45) is 5.08. The normalized spacial score (nSPS) is 17.5. The Kier molecular flexibility index (Phi) is 4.94. The van der Waals surface area contributed by atoms with E-state index in [0.717, 1.165) is 57.9 Å². The van der Waals surface area contributed by atoms with E-state index in [2.05, 4.69) is 22.3 Å². The molecule has 1 aromatic heterocycles. The van der Waals surface area contributed by atoms with Gasteiger partial charge in [-0.3, -0.25) is 0 Å². The highest BCUT2D eigenvalue weighted by atomic mass is 16.5. The summed E-state index contributed by atoms with van der Waals surface area (Å²) in [4.78, 5) is 4.31. The first-order valence-corrected chi connectivity index (χ1v) is 6.55. The predicted molar refractivity (Wildman–Crippen MR) is 65.6 cm³/mol. The van der Waals surface area contributed by atoms with Crippen molar-refractivity contribution in [2.75, 3.05) is 19.8 Å². The van der Waals surface area contributed by atoms with Gasteiger partial charge in [0.2, 0.25) is 0 Å². The Morgan fingerprint density at radius 1 is 1.47 bits per heavy atom. The van der Waals surface area contributed by atoms with E-state index in [9.17, 15) is 0 Å². The van der Waals surface area contributed by atoms with Crippen LogP contribution in [0.5, 0.6) is 0 Å². The average Bonchev–Trinajstić information content (AvgIpc) is 2.79. The quantitative estimate of drug-likeness (QED) is 0.757. The fraction of sp³-hybridized carbons (Fsp3) is 0.833. The first-order chi connectivity index (χ1) is 8.40. The SMILES string of the molecule is CCCNCc1ncnn1CC1CCOCC1. The van der Waals surface area contributed by atoms with Crippen LogP contribution in [0.4, 0.5) is 0 Å². The molecule has 0 amide bonds. The molecule has 1 fully saturated rings. The Labute approximate surface area is 103 Å². The molecular weight excluding hydrogens is 216 g/mol. The maximum atomic E-state index is 5.37. The predicted octanol–water partition coefficient (Wildman–Crippen LogP) is 1.20. The molecule has 1 saturated heterocycles. The van der Waals surface area contributed by atoms with Gasteiger partial charge in [-0.1, -0.05) is 6.92 Å².